The van der Waals surface area contributed by atoms with E-state index in [9.17, 15) is 14.0 Å². The molecule has 1 aliphatic heterocycles. The number of halogens is 2. The van der Waals surface area contributed by atoms with Crippen LogP contribution < -0.4 is 0 Å². The van der Waals surface area contributed by atoms with Gasteiger partial charge in [-0.25, -0.2) is 9.18 Å². The van der Waals surface area contributed by atoms with E-state index in [1.807, 2.05) is 6.92 Å². The summed E-state index contributed by atoms with van der Waals surface area (Å²) in [4.78, 5) is 25.8. The number of rotatable bonds is 4. The molecule has 0 aromatic heterocycles. The maximum Gasteiger partial charge on any atom is 0.328 e. The van der Waals surface area contributed by atoms with Crippen LogP contribution in [0.3, 0.4) is 0 Å². The SMILES string of the molecule is CCCOC(=O)C1CCCN1C(=O)c1cccc(Cl)c1F. The molecule has 6 heteroatoms. The zero-order valence-corrected chi connectivity index (χ0v) is 12.5. The van der Waals surface area contributed by atoms with Crippen molar-refractivity contribution >= 4 is 23.5 Å². The molecule has 1 saturated heterocycles. The summed E-state index contributed by atoms with van der Waals surface area (Å²) in [5, 5.41) is -0.106. The van der Waals surface area contributed by atoms with Gasteiger partial charge in [-0.15, -0.1) is 0 Å². The number of hydrogen-bond donors (Lipinski definition) is 0. The van der Waals surface area contributed by atoms with Gasteiger partial charge in [0.25, 0.3) is 5.91 Å². The van der Waals surface area contributed by atoms with Gasteiger partial charge in [-0.1, -0.05) is 24.6 Å². The number of nitrogens with zero attached hydrogens (tertiary/aromatic N) is 1. The van der Waals surface area contributed by atoms with Crippen molar-refractivity contribution in [2.45, 2.75) is 32.2 Å². The molecule has 0 saturated carbocycles. The molecule has 0 radical (unpaired) electrons. The molecule has 1 aromatic carbocycles. The topological polar surface area (TPSA) is 46.6 Å². The highest BCUT2D eigenvalue weighted by atomic mass is 35.5. The fourth-order valence-corrected chi connectivity index (χ4v) is 2.55. The van der Waals surface area contributed by atoms with Crippen molar-refractivity contribution in [1.29, 1.82) is 0 Å². The van der Waals surface area contributed by atoms with Crippen LogP contribution in [-0.2, 0) is 9.53 Å². The van der Waals surface area contributed by atoms with Crippen molar-refractivity contribution in [3.05, 3.63) is 34.6 Å². The maximum atomic E-state index is 13.9. The van der Waals surface area contributed by atoms with Crippen LogP contribution in [0, 0.1) is 5.82 Å². The molecular weight excluding hydrogens is 297 g/mol. The number of esters is 1. The summed E-state index contributed by atoms with van der Waals surface area (Å²) in [6.07, 6.45) is 1.95. The molecular formula is C15H17ClFNO3. The van der Waals surface area contributed by atoms with Crippen molar-refractivity contribution in [2.24, 2.45) is 0 Å². The fraction of sp³-hybridized carbons (Fsp3) is 0.467. The van der Waals surface area contributed by atoms with Gasteiger partial charge >= 0.3 is 5.97 Å². The summed E-state index contributed by atoms with van der Waals surface area (Å²) in [7, 11) is 0. The first-order valence-electron chi connectivity index (χ1n) is 6.98. The summed E-state index contributed by atoms with van der Waals surface area (Å²) < 4.78 is 19.0. The van der Waals surface area contributed by atoms with Crippen molar-refractivity contribution < 1.29 is 18.7 Å². The zero-order valence-electron chi connectivity index (χ0n) is 11.8. The molecule has 0 bridgehead atoms. The number of amides is 1. The number of carbonyl (C=O) groups is 2. The smallest absolute Gasteiger partial charge is 0.328 e. The highest BCUT2D eigenvalue weighted by Crippen LogP contribution is 2.24. The minimum absolute atomic E-state index is 0.106. The van der Waals surface area contributed by atoms with Crippen molar-refractivity contribution in [2.75, 3.05) is 13.2 Å². The lowest BCUT2D eigenvalue weighted by molar-refractivity contribution is -0.148. The number of benzene rings is 1. The van der Waals surface area contributed by atoms with Gasteiger partial charge in [0.15, 0.2) is 5.82 Å². The molecule has 1 unspecified atom stereocenters. The van der Waals surface area contributed by atoms with Gasteiger partial charge < -0.3 is 9.64 Å². The Morgan fingerprint density at radius 1 is 1.48 bits per heavy atom. The van der Waals surface area contributed by atoms with E-state index < -0.39 is 23.7 Å². The standard InChI is InChI=1S/C15H17ClFNO3/c1-2-9-21-15(20)12-7-4-8-18(12)14(19)10-5-3-6-11(16)13(10)17/h3,5-6,12H,2,4,7-9H2,1H3. The minimum atomic E-state index is -0.753. The molecule has 21 heavy (non-hydrogen) atoms. The molecule has 1 fully saturated rings. The molecule has 4 nitrogen and oxygen atoms in total. The quantitative estimate of drug-likeness (QED) is 0.803. The largest absolute Gasteiger partial charge is 0.464 e. The first kappa shape index (κ1) is 15.8. The molecule has 1 aromatic rings. The van der Waals surface area contributed by atoms with Gasteiger partial charge in [-0.05, 0) is 31.4 Å². The van der Waals surface area contributed by atoms with E-state index >= 15 is 0 Å². The van der Waals surface area contributed by atoms with Crippen LogP contribution in [0.2, 0.25) is 5.02 Å². The Bertz CT molecular complexity index is 550. The molecule has 0 spiro atoms. The molecule has 0 N–H and O–H groups in total. The fourth-order valence-electron chi connectivity index (χ4n) is 2.38. The van der Waals surface area contributed by atoms with E-state index in [2.05, 4.69) is 0 Å². The summed E-state index contributed by atoms with van der Waals surface area (Å²) in [5.41, 5.74) is -0.113. The molecule has 1 heterocycles. The van der Waals surface area contributed by atoms with Crippen LogP contribution in [0.15, 0.2) is 18.2 Å². The van der Waals surface area contributed by atoms with Gasteiger partial charge in [0.1, 0.15) is 6.04 Å². The van der Waals surface area contributed by atoms with E-state index in [1.54, 1.807) is 0 Å². The zero-order chi connectivity index (χ0) is 15.4. The Balaban J connectivity index is 2.17. The second-order valence-corrected chi connectivity index (χ2v) is 5.33. The predicted molar refractivity (Wildman–Crippen MR) is 76.7 cm³/mol. The van der Waals surface area contributed by atoms with Gasteiger partial charge in [0.2, 0.25) is 0 Å². The van der Waals surface area contributed by atoms with Gasteiger partial charge in [-0.2, -0.15) is 0 Å². The number of carbonyl (C=O) groups excluding carboxylic acids is 2. The van der Waals surface area contributed by atoms with Gasteiger partial charge in [0.05, 0.1) is 17.2 Å². The molecule has 1 amide bonds. The highest BCUT2D eigenvalue weighted by Gasteiger charge is 2.36. The highest BCUT2D eigenvalue weighted by molar-refractivity contribution is 6.31. The first-order valence-corrected chi connectivity index (χ1v) is 7.35. The Labute approximate surface area is 127 Å². The van der Waals surface area contributed by atoms with E-state index in [0.29, 0.717) is 26.0 Å². The lowest BCUT2D eigenvalue weighted by Crippen LogP contribution is -2.41. The third kappa shape index (κ3) is 3.35. The van der Waals surface area contributed by atoms with Gasteiger partial charge in [0, 0.05) is 6.54 Å². The summed E-state index contributed by atoms with van der Waals surface area (Å²) >= 11 is 5.69. The van der Waals surface area contributed by atoms with Gasteiger partial charge in [-0.3, -0.25) is 4.79 Å². The Morgan fingerprint density at radius 2 is 2.24 bits per heavy atom. The number of hydrogen-bond acceptors (Lipinski definition) is 3. The molecule has 114 valence electrons. The Hall–Kier alpha value is -1.62. The summed E-state index contributed by atoms with van der Waals surface area (Å²) in [6, 6.07) is 3.63. The van der Waals surface area contributed by atoms with Crippen molar-refractivity contribution in [1.82, 2.24) is 4.90 Å². The lowest BCUT2D eigenvalue weighted by atomic mass is 10.1. The normalized spacial score (nSPS) is 17.9. The third-order valence-corrected chi connectivity index (χ3v) is 3.71. The monoisotopic (exact) mass is 313 g/mol. The summed E-state index contributed by atoms with van der Waals surface area (Å²) in [6.45, 7) is 2.63. The predicted octanol–water partition coefficient (Wildman–Crippen LogP) is 3.04. The van der Waals surface area contributed by atoms with Crippen molar-refractivity contribution in [3.63, 3.8) is 0 Å². The van der Waals surface area contributed by atoms with Crippen LogP contribution in [0.4, 0.5) is 4.39 Å². The van der Waals surface area contributed by atoms with Crippen LogP contribution in [0.1, 0.15) is 36.5 Å². The molecule has 2 rings (SSSR count). The second-order valence-electron chi connectivity index (χ2n) is 4.93. The summed E-state index contributed by atoms with van der Waals surface area (Å²) in [5.74, 6) is -1.70. The van der Waals surface area contributed by atoms with Crippen LogP contribution in [0.25, 0.3) is 0 Å². The average molecular weight is 314 g/mol. The van der Waals surface area contributed by atoms with Crippen molar-refractivity contribution in [3.8, 4) is 0 Å². The van der Waals surface area contributed by atoms with Crippen LogP contribution in [0.5, 0.6) is 0 Å². The van der Waals surface area contributed by atoms with Crippen LogP contribution >= 0.6 is 11.6 Å². The third-order valence-electron chi connectivity index (χ3n) is 3.42. The lowest BCUT2D eigenvalue weighted by Gasteiger charge is -2.23. The Morgan fingerprint density at radius 3 is 2.95 bits per heavy atom. The maximum absolute atomic E-state index is 13.9. The molecule has 1 aliphatic rings. The van der Waals surface area contributed by atoms with E-state index in [1.165, 1.54) is 23.1 Å². The minimum Gasteiger partial charge on any atom is -0.464 e. The molecule has 0 aliphatic carbocycles. The molecule has 1 atom stereocenters. The number of ether oxygens (including phenoxy) is 1. The van der Waals surface area contributed by atoms with E-state index in [0.717, 1.165) is 6.42 Å². The van der Waals surface area contributed by atoms with E-state index in [-0.39, 0.29) is 10.6 Å². The first-order chi connectivity index (χ1) is 10.1. The van der Waals surface area contributed by atoms with E-state index in [4.69, 9.17) is 16.3 Å². The Kier molecular flexibility index (Phi) is 5.17. The average Bonchev–Trinajstić information content (AvgIpc) is 2.96. The number of likely N-dealkylation sites (tertiary alicyclic amines) is 1. The second kappa shape index (κ2) is 6.89. The van der Waals surface area contributed by atoms with Crippen LogP contribution in [-0.4, -0.2) is 36.0 Å².